The molecule has 1 amide bonds. The summed E-state index contributed by atoms with van der Waals surface area (Å²) in [6, 6.07) is 12.9. The molecular formula is C19H20ClFN2O3S. The van der Waals surface area contributed by atoms with Crippen LogP contribution in [0, 0.1) is 11.7 Å². The van der Waals surface area contributed by atoms with Crippen molar-refractivity contribution in [3.63, 3.8) is 0 Å². The third-order valence-electron chi connectivity index (χ3n) is 4.53. The Morgan fingerprint density at radius 1 is 1.22 bits per heavy atom. The van der Waals surface area contributed by atoms with Gasteiger partial charge in [0.25, 0.3) is 0 Å². The summed E-state index contributed by atoms with van der Waals surface area (Å²) >= 11 is 5.73. The molecule has 1 heterocycles. The number of piperidine rings is 1. The van der Waals surface area contributed by atoms with E-state index in [0.717, 1.165) is 0 Å². The number of carbonyl (C=O) groups excluding carboxylic acids is 1. The summed E-state index contributed by atoms with van der Waals surface area (Å²) in [6.45, 7) is 0.539. The lowest BCUT2D eigenvalue weighted by Crippen LogP contribution is -2.44. The highest BCUT2D eigenvalue weighted by Crippen LogP contribution is 2.24. The van der Waals surface area contributed by atoms with E-state index in [1.165, 1.54) is 22.5 Å². The molecule has 144 valence electrons. The maximum absolute atomic E-state index is 13.2. The summed E-state index contributed by atoms with van der Waals surface area (Å²) in [5.74, 6) is -1.41. The van der Waals surface area contributed by atoms with Crippen molar-refractivity contribution < 1.29 is 17.6 Å². The van der Waals surface area contributed by atoms with Gasteiger partial charge < -0.3 is 5.32 Å². The van der Waals surface area contributed by atoms with Crippen molar-refractivity contribution in [2.24, 2.45) is 5.92 Å². The van der Waals surface area contributed by atoms with Crippen molar-refractivity contribution >= 4 is 33.2 Å². The number of rotatable bonds is 5. The van der Waals surface area contributed by atoms with Crippen LogP contribution in [0.1, 0.15) is 18.4 Å². The first kappa shape index (κ1) is 19.8. The van der Waals surface area contributed by atoms with Crippen LogP contribution in [-0.4, -0.2) is 31.7 Å². The lowest BCUT2D eigenvalue weighted by atomic mass is 9.99. The first-order valence-corrected chi connectivity index (χ1v) is 10.6. The number of hydrogen-bond acceptors (Lipinski definition) is 3. The summed E-state index contributed by atoms with van der Waals surface area (Å²) in [5, 5.41) is 2.61. The van der Waals surface area contributed by atoms with Crippen LogP contribution in [0.15, 0.2) is 48.5 Å². The predicted octanol–water partition coefficient (Wildman–Crippen LogP) is 3.66. The number of halogens is 2. The molecule has 0 bridgehead atoms. The highest BCUT2D eigenvalue weighted by Gasteiger charge is 2.32. The van der Waals surface area contributed by atoms with E-state index in [1.807, 2.05) is 6.07 Å². The van der Waals surface area contributed by atoms with Crippen LogP contribution in [0.4, 0.5) is 10.1 Å². The molecule has 1 saturated heterocycles. The monoisotopic (exact) mass is 410 g/mol. The van der Waals surface area contributed by atoms with Crippen LogP contribution in [0.2, 0.25) is 5.02 Å². The average molecular weight is 411 g/mol. The molecule has 0 aliphatic carbocycles. The molecule has 8 heteroatoms. The molecule has 0 radical (unpaired) electrons. The molecule has 1 atom stereocenters. The van der Waals surface area contributed by atoms with Crippen LogP contribution in [0.3, 0.4) is 0 Å². The third-order valence-corrected chi connectivity index (χ3v) is 6.63. The fourth-order valence-electron chi connectivity index (χ4n) is 3.10. The molecule has 27 heavy (non-hydrogen) atoms. The Balaban J connectivity index is 1.66. The SMILES string of the molecule is O=C(Nc1ccc(F)c(Cl)c1)[C@H]1CCCN(S(=O)(=O)Cc2ccccc2)C1. The van der Waals surface area contributed by atoms with Gasteiger partial charge in [-0.1, -0.05) is 41.9 Å². The summed E-state index contributed by atoms with van der Waals surface area (Å²) in [6.07, 6.45) is 1.20. The zero-order chi connectivity index (χ0) is 19.4. The smallest absolute Gasteiger partial charge is 0.228 e. The van der Waals surface area contributed by atoms with E-state index in [4.69, 9.17) is 11.6 Å². The van der Waals surface area contributed by atoms with Gasteiger partial charge in [0.2, 0.25) is 15.9 Å². The first-order valence-electron chi connectivity index (χ1n) is 8.63. The van der Waals surface area contributed by atoms with E-state index < -0.39 is 21.8 Å². The molecule has 0 aromatic heterocycles. The number of hydrogen-bond donors (Lipinski definition) is 1. The Bertz CT molecular complexity index is 922. The van der Waals surface area contributed by atoms with Crippen molar-refractivity contribution in [2.45, 2.75) is 18.6 Å². The molecule has 3 rings (SSSR count). The van der Waals surface area contributed by atoms with Gasteiger partial charge in [0.15, 0.2) is 0 Å². The van der Waals surface area contributed by atoms with Crippen LogP contribution in [0.5, 0.6) is 0 Å². The molecule has 0 unspecified atom stereocenters. The molecule has 2 aromatic rings. The molecule has 1 fully saturated rings. The lowest BCUT2D eigenvalue weighted by molar-refractivity contribution is -0.120. The maximum Gasteiger partial charge on any atom is 0.228 e. The van der Waals surface area contributed by atoms with Crippen molar-refractivity contribution in [1.82, 2.24) is 4.31 Å². The van der Waals surface area contributed by atoms with Gasteiger partial charge in [0.05, 0.1) is 16.7 Å². The van der Waals surface area contributed by atoms with Crippen LogP contribution in [-0.2, 0) is 20.6 Å². The number of anilines is 1. The number of benzene rings is 2. The van der Waals surface area contributed by atoms with Gasteiger partial charge in [0.1, 0.15) is 5.82 Å². The minimum absolute atomic E-state index is 0.0801. The van der Waals surface area contributed by atoms with Gasteiger partial charge in [-0.3, -0.25) is 4.79 Å². The third kappa shape index (κ3) is 5.06. The number of carbonyl (C=O) groups is 1. The summed E-state index contributed by atoms with van der Waals surface area (Å²) in [7, 11) is -3.51. The van der Waals surface area contributed by atoms with Gasteiger partial charge in [-0.15, -0.1) is 0 Å². The molecule has 1 aliphatic heterocycles. The lowest BCUT2D eigenvalue weighted by Gasteiger charge is -2.31. The number of amides is 1. The first-order chi connectivity index (χ1) is 12.8. The number of sulfonamides is 1. The predicted molar refractivity (Wildman–Crippen MR) is 103 cm³/mol. The van der Waals surface area contributed by atoms with E-state index >= 15 is 0 Å². The summed E-state index contributed by atoms with van der Waals surface area (Å²) in [4.78, 5) is 12.5. The quantitative estimate of drug-likeness (QED) is 0.818. The van der Waals surface area contributed by atoms with Gasteiger partial charge in [-0.25, -0.2) is 17.1 Å². The van der Waals surface area contributed by atoms with Gasteiger partial charge in [0, 0.05) is 18.8 Å². The Hall–Kier alpha value is -1.96. The zero-order valence-electron chi connectivity index (χ0n) is 14.6. The molecule has 1 N–H and O–H groups in total. The largest absolute Gasteiger partial charge is 0.326 e. The second-order valence-electron chi connectivity index (χ2n) is 6.56. The van der Waals surface area contributed by atoms with E-state index in [9.17, 15) is 17.6 Å². The van der Waals surface area contributed by atoms with Gasteiger partial charge in [-0.05, 0) is 36.6 Å². The Morgan fingerprint density at radius 2 is 1.96 bits per heavy atom. The maximum atomic E-state index is 13.2. The molecule has 1 aliphatic rings. The highest BCUT2D eigenvalue weighted by atomic mass is 35.5. The van der Waals surface area contributed by atoms with Crippen molar-refractivity contribution in [1.29, 1.82) is 0 Å². The van der Waals surface area contributed by atoms with E-state index in [1.54, 1.807) is 24.3 Å². The fourth-order valence-corrected chi connectivity index (χ4v) is 4.89. The average Bonchev–Trinajstić information content (AvgIpc) is 2.65. The Kier molecular flexibility index (Phi) is 6.14. The van der Waals surface area contributed by atoms with Gasteiger partial charge in [-0.2, -0.15) is 0 Å². The van der Waals surface area contributed by atoms with E-state index in [2.05, 4.69) is 5.32 Å². The molecular weight excluding hydrogens is 391 g/mol. The van der Waals surface area contributed by atoms with Crippen LogP contribution in [0.25, 0.3) is 0 Å². The minimum Gasteiger partial charge on any atom is -0.326 e. The molecule has 5 nitrogen and oxygen atoms in total. The molecule has 2 aromatic carbocycles. The van der Waals surface area contributed by atoms with E-state index in [0.29, 0.717) is 30.6 Å². The number of nitrogens with one attached hydrogen (secondary N) is 1. The van der Waals surface area contributed by atoms with Crippen LogP contribution < -0.4 is 5.32 Å². The summed E-state index contributed by atoms with van der Waals surface area (Å²) in [5.41, 5.74) is 1.10. The topological polar surface area (TPSA) is 66.5 Å². The normalized spacial score (nSPS) is 18.2. The Labute approximate surface area is 163 Å². The Morgan fingerprint density at radius 3 is 2.67 bits per heavy atom. The second-order valence-corrected chi connectivity index (χ2v) is 8.93. The molecule has 0 spiro atoms. The van der Waals surface area contributed by atoms with Crippen molar-refractivity contribution in [3.05, 3.63) is 64.9 Å². The fraction of sp³-hybridized carbons (Fsp3) is 0.316. The second kappa shape index (κ2) is 8.37. The van der Waals surface area contributed by atoms with E-state index in [-0.39, 0.29) is 23.2 Å². The van der Waals surface area contributed by atoms with Crippen LogP contribution >= 0.6 is 11.6 Å². The van der Waals surface area contributed by atoms with Crippen molar-refractivity contribution in [2.75, 3.05) is 18.4 Å². The summed E-state index contributed by atoms with van der Waals surface area (Å²) < 4.78 is 40.0. The minimum atomic E-state index is -3.51. The highest BCUT2D eigenvalue weighted by molar-refractivity contribution is 7.88. The molecule has 0 saturated carbocycles. The van der Waals surface area contributed by atoms with Gasteiger partial charge >= 0.3 is 0 Å². The standard InChI is InChI=1S/C19H20ClFN2O3S/c20-17-11-16(8-9-18(17)21)22-19(24)15-7-4-10-23(12-15)27(25,26)13-14-5-2-1-3-6-14/h1-3,5-6,8-9,11,15H,4,7,10,12-13H2,(H,22,24)/t15-/m0/s1. The van der Waals surface area contributed by atoms with Crippen molar-refractivity contribution in [3.8, 4) is 0 Å². The zero-order valence-corrected chi connectivity index (χ0v) is 16.1. The number of nitrogens with zero attached hydrogens (tertiary/aromatic N) is 1.